The maximum Gasteiger partial charge on any atom is 0.288 e. The monoisotopic (exact) mass is 268 g/mol. The number of anilines is 2. The van der Waals surface area contributed by atoms with E-state index in [1.54, 1.807) is 11.3 Å². The number of nitro groups is 1. The van der Waals surface area contributed by atoms with E-state index >= 15 is 0 Å². The fourth-order valence-electron chi connectivity index (χ4n) is 2.43. The maximum absolute atomic E-state index is 11.1. The summed E-state index contributed by atoms with van der Waals surface area (Å²) in [5, 5.41) is 13.0. The zero-order valence-electron chi connectivity index (χ0n) is 10.1. The van der Waals surface area contributed by atoms with Crippen LogP contribution >= 0.6 is 11.3 Å². The van der Waals surface area contributed by atoms with E-state index in [9.17, 15) is 10.1 Å². The van der Waals surface area contributed by atoms with Crippen LogP contribution in [-0.2, 0) is 0 Å². The van der Waals surface area contributed by atoms with Gasteiger partial charge in [-0.05, 0) is 19.3 Å². The van der Waals surface area contributed by atoms with Crippen molar-refractivity contribution in [2.75, 3.05) is 29.4 Å². The molecule has 18 heavy (non-hydrogen) atoms. The Morgan fingerprint density at radius 3 is 2.83 bits per heavy atom. The van der Waals surface area contributed by atoms with Gasteiger partial charge in [-0.3, -0.25) is 15.0 Å². The van der Waals surface area contributed by atoms with Gasteiger partial charge in [-0.1, -0.05) is 11.3 Å². The summed E-state index contributed by atoms with van der Waals surface area (Å²) in [5.74, 6) is 0. The summed E-state index contributed by atoms with van der Waals surface area (Å²) in [6, 6.07) is 0. The van der Waals surface area contributed by atoms with Gasteiger partial charge in [-0.25, -0.2) is 4.98 Å². The quantitative estimate of drug-likeness (QED) is 0.619. The average Bonchev–Trinajstić information content (AvgIpc) is 2.76. The van der Waals surface area contributed by atoms with E-state index in [0.29, 0.717) is 6.42 Å². The van der Waals surface area contributed by atoms with Crippen molar-refractivity contribution < 1.29 is 4.92 Å². The Morgan fingerprint density at radius 1 is 1.33 bits per heavy atom. The molecule has 7 heteroatoms. The lowest BCUT2D eigenvalue weighted by Crippen LogP contribution is -2.44. The van der Waals surface area contributed by atoms with E-state index in [1.165, 1.54) is 6.42 Å². The fourth-order valence-corrected chi connectivity index (χ4v) is 3.47. The minimum absolute atomic E-state index is 0.177. The van der Waals surface area contributed by atoms with Gasteiger partial charge in [0, 0.05) is 31.0 Å². The standard InChI is InChI=1S/C11H16N4O2S/c16-15(17)9-4-1-2-7-14(9)11-12-8-10(18-11)13-5-3-6-13/h8-9H,1-7H2. The number of nitrogens with zero attached hydrogens (tertiary/aromatic N) is 4. The molecule has 0 N–H and O–H groups in total. The molecule has 3 heterocycles. The van der Waals surface area contributed by atoms with Crippen LogP contribution < -0.4 is 9.80 Å². The first kappa shape index (κ1) is 11.7. The summed E-state index contributed by atoms with van der Waals surface area (Å²) in [4.78, 5) is 19.4. The van der Waals surface area contributed by atoms with E-state index < -0.39 is 6.17 Å². The van der Waals surface area contributed by atoms with Gasteiger partial charge >= 0.3 is 0 Å². The molecule has 1 aromatic heterocycles. The molecule has 98 valence electrons. The number of rotatable bonds is 3. The highest BCUT2D eigenvalue weighted by atomic mass is 32.1. The minimum Gasteiger partial charge on any atom is -0.362 e. The van der Waals surface area contributed by atoms with Gasteiger partial charge in [0.05, 0.1) is 6.20 Å². The number of hydrogen-bond donors (Lipinski definition) is 0. The molecule has 0 aromatic carbocycles. The molecule has 3 rings (SSSR count). The lowest BCUT2D eigenvalue weighted by molar-refractivity contribution is -0.524. The molecule has 1 unspecified atom stereocenters. The summed E-state index contributed by atoms with van der Waals surface area (Å²) in [6.45, 7) is 2.92. The molecule has 0 spiro atoms. The topological polar surface area (TPSA) is 62.5 Å². The van der Waals surface area contributed by atoms with Crippen molar-refractivity contribution in [2.45, 2.75) is 31.8 Å². The molecule has 0 aliphatic carbocycles. The zero-order valence-corrected chi connectivity index (χ0v) is 10.9. The van der Waals surface area contributed by atoms with Crippen LogP contribution in [0.3, 0.4) is 0 Å². The molecule has 2 fully saturated rings. The Labute approximate surface area is 109 Å². The number of thiazole rings is 1. The molecule has 0 radical (unpaired) electrons. The van der Waals surface area contributed by atoms with Crippen LogP contribution in [0, 0.1) is 10.1 Å². The van der Waals surface area contributed by atoms with Crippen molar-refractivity contribution in [2.24, 2.45) is 0 Å². The summed E-state index contributed by atoms with van der Waals surface area (Å²) in [5.41, 5.74) is 0. The minimum atomic E-state index is -0.589. The Bertz CT molecular complexity index is 446. The first-order chi connectivity index (χ1) is 8.75. The summed E-state index contributed by atoms with van der Waals surface area (Å²) >= 11 is 1.58. The highest BCUT2D eigenvalue weighted by Gasteiger charge is 2.33. The smallest absolute Gasteiger partial charge is 0.288 e. The summed E-state index contributed by atoms with van der Waals surface area (Å²) in [7, 11) is 0. The number of aromatic nitrogens is 1. The second-order valence-corrected chi connectivity index (χ2v) is 5.76. The first-order valence-electron chi connectivity index (χ1n) is 6.36. The summed E-state index contributed by atoms with van der Waals surface area (Å²) in [6.07, 6.45) is 5.08. The van der Waals surface area contributed by atoms with Crippen LogP contribution in [0.15, 0.2) is 6.20 Å². The van der Waals surface area contributed by atoms with E-state index in [4.69, 9.17) is 0 Å². The van der Waals surface area contributed by atoms with Crippen molar-refractivity contribution in [3.8, 4) is 0 Å². The number of hydrogen-bond acceptors (Lipinski definition) is 6. The zero-order chi connectivity index (χ0) is 12.5. The van der Waals surface area contributed by atoms with Gasteiger partial charge < -0.3 is 4.90 Å². The molecule has 0 saturated carbocycles. The Balaban J connectivity index is 1.78. The second kappa shape index (κ2) is 4.72. The molecule has 2 aliphatic heterocycles. The van der Waals surface area contributed by atoms with Crippen molar-refractivity contribution in [3.63, 3.8) is 0 Å². The van der Waals surface area contributed by atoms with Gasteiger partial charge in [-0.2, -0.15) is 0 Å². The lowest BCUT2D eigenvalue weighted by atomic mass is 10.1. The van der Waals surface area contributed by atoms with Crippen LogP contribution in [0.5, 0.6) is 0 Å². The van der Waals surface area contributed by atoms with Crippen molar-refractivity contribution >= 4 is 21.5 Å². The highest BCUT2D eigenvalue weighted by molar-refractivity contribution is 7.19. The van der Waals surface area contributed by atoms with Gasteiger partial charge in [0.15, 0.2) is 5.13 Å². The van der Waals surface area contributed by atoms with Gasteiger partial charge in [0.2, 0.25) is 0 Å². The third-order valence-corrected chi connectivity index (χ3v) is 4.70. The fraction of sp³-hybridized carbons (Fsp3) is 0.727. The normalized spacial score (nSPS) is 23.9. The predicted molar refractivity (Wildman–Crippen MR) is 70.9 cm³/mol. The molecule has 1 aromatic rings. The predicted octanol–water partition coefficient (Wildman–Crippen LogP) is 1.95. The Kier molecular flexibility index (Phi) is 3.07. The third-order valence-electron chi connectivity index (χ3n) is 3.61. The summed E-state index contributed by atoms with van der Waals surface area (Å²) < 4.78 is 0. The van der Waals surface area contributed by atoms with Crippen LogP contribution in [0.2, 0.25) is 0 Å². The van der Waals surface area contributed by atoms with E-state index in [-0.39, 0.29) is 4.92 Å². The molecule has 2 aliphatic rings. The van der Waals surface area contributed by atoms with Crippen LogP contribution in [-0.4, -0.2) is 35.7 Å². The van der Waals surface area contributed by atoms with Crippen LogP contribution in [0.1, 0.15) is 25.7 Å². The molecular weight excluding hydrogens is 252 g/mol. The molecular formula is C11H16N4O2S. The van der Waals surface area contributed by atoms with E-state index in [1.807, 2.05) is 11.1 Å². The number of piperidine rings is 1. The molecule has 1 atom stereocenters. The molecule has 0 amide bonds. The van der Waals surface area contributed by atoms with Crippen LogP contribution in [0.4, 0.5) is 10.1 Å². The lowest BCUT2D eigenvalue weighted by Gasteiger charge is -2.31. The molecule has 6 nitrogen and oxygen atoms in total. The first-order valence-corrected chi connectivity index (χ1v) is 7.18. The van der Waals surface area contributed by atoms with Crippen molar-refractivity contribution in [1.29, 1.82) is 0 Å². The van der Waals surface area contributed by atoms with E-state index in [0.717, 1.165) is 42.6 Å². The van der Waals surface area contributed by atoms with E-state index in [2.05, 4.69) is 9.88 Å². The van der Waals surface area contributed by atoms with Crippen LogP contribution in [0.25, 0.3) is 0 Å². The maximum atomic E-state index is 11.1. The molecule has 0 bridgehead atoms. The highest BCUT2D eigenvalue weighted by Crippen LogP contribution is 2.35. The molecule has 2 saturated heterocycles. The third kappa shape index (κ3) is 2.03. The van der Waals surface area contributed by atoms with Crippen molar-refractivity contribution in [1.82, 2.24) is 4.98 Å². The van der Waals surface area contributed by atoms with Gasteiger partial charge in [0.1, 0.15) is 5.00 Å². The largest absolute Gasteiger partial charge is 0.362 e. The SMILES string of the molecule is O=[N+]([O-])C1CCCCN1c1ncc(N2CCC2)s1. The average molecular weight is 268 g/mol. The van der Waals surface area contributed by atoms with Crippen molar-refractivity contribution in [3.05, 3.63) is 16.3 Å². The Hall–Kier alpha value is -1.37. The second-order valence-electron chi connectivity index (χ2n) is 4.78. The Morgan fingerprint density at radius 2 is 2.17 bits per heavy atom. The van der Waals surface area contributed by atoms with Gasteiger partial charge in [-0.15, -0.1) is 0 Å². The van der Waals surface area contributed by atoms with Gasteiger partial charge in [0.25, 0.3) is 6.17 Å².